The van der Waals surface area contributed by atoms with E-state index in [-0.39, 0.29) is 36.8 Å². The second kappa shape index (κ2) is 8.39. The molecule has 0 radical (unpaired) electrons. The molecule has 1 N–H and O–H groups in total. The molecule has 0 aromatic heterocycles. The van der Waals surface area contributed by atoms with Gasteiger partial charge in [0.1, 0.15) is 12.7 Å². The van der Waals surface area contributed by atoms with Crippen LogP contribution in [0.3, 0.4) is 0 Å². The number of rotatable bonds is 7. The zero-order valence-corrected chi connectivity index (χ0v) is 15.6. The van der Waals surface area contributed by atoms with E-state index in [1.54, 1.807) is 13.2 Å². The zero-order chi connectivity index (χ0) is 19.4. The summed E-state index contributed by atoms with van der Waals surface area (Å²) in [5.41, 5.74) is 0.978. The Labute approximate surface area is 159 Å². The van der Waals surface area contributed by atoms with Crippen LogP contribution in [0.2, 0.25) is 0 Å². The average molecular weight is 371 g/mol. The van der Waals surface area contributed by atoms with Crippen molar-refractivity contribution in [1.82, 2.24) is 4.90 Å². The Balaban J connectivity index is 1.59. The molecule has 2 aliphatic rings. The average Bonchev–Trinajstić information content (AvgIpc) is 2.92. The number of ether oxygens (including phenoxy) is 2. The Kier molecular flexibility index (Phi) is 5.96. The van der Waals surface area contributed by atoms with Gasteiger partial charge in [0.15, 0.2) is 11.5 Å². The third-order valence-corrected chi connectivity index (χ3v) is 4.97. The van der Waals surface area contributed by atoms with Crippen molar-refractivity contribution in [3.8, 4) is 11.5 Å². The number of β-amino-alcohol motifs (C(OH)–C–C–N with tert-alkyl or cyclic N) is 1. The topological polar surface area (TPSA) is 76.1 Å². The third kappa shape index (κ3) is 4.06. The van der Waals surface area contributed by atoms with E-state index in [1.807, 2.05) is 43.4 Å². The summed E-state index contributed by atoms with van der Waals surface area (Å²) < 4.78 is 11.0. The molecule has 6 heteroatoms. The van der Waals surface area contributed by atoms with E-state index in [0.717, 1.165) is 5.56 Å². The molecule has 1 aromatic carbocycles. The summed E-state index contributed by atoms with van der Waals surface area (Å²) in [6, 6.07) is 5.50. The summed E-state index contributed by atoms with van der Waals surface area (Å²) in [6.45, 7) is 1.84. The number of likely N-dealkylation sites (tertiary alicyclic amines) is 1. The maximum Gasteiger partial charge on any atom is 0.233 e. The van der Waals surface area contributed by atoms with Gasteiger partial charge in [-0.2, -0.15) is 0 Å². The van der Waals surface area contributed by atoms with Gasteiger partial charge in [0, 0.05) is 0 Å². The molecule has 3 atom stereocenters. The van der Waals surface area contributed by atoms with Crippen LogP contribution < -0.4 is 9.47 Å². The highest BCUT2D eigenvalue weighted by Gasteiger charge is 2.47. The molecule has 1 fully saturated rings. The molecule has 1 heterocycles. The molecule has 27 heavy (non-hydrogen) atoms. The molecule has 3 rings (SSSR count). The largest absolute Gasteiger partial charge is 0.493 e. The Morgan fingerprint density at radius 1 is 1.19 bits per heavy atom. The van der Waals surface area contributed by atoms with Gasteiger partial charge >= 0.3 is 0 Å². The van der Waals surface area contributed by atoms with E-state index in [4.69, 9.17) is 9.47 Å². The number of carbonyl (C=O) groups excluding carboxylic acids is 2. The van der Waals surface area contributed by atoms with Crippen molar-refractivity contribution in [2.45, 2.75) is 25.9 Å². The van der Waals surface area contributed by atoms with Crippen molar-refractivity contribution in [3.63, 3.8) is 0 Å². The quantitative estimate of drug-likeness (QED) is 0.588. The number of hydrogen-bond acceptors (Lipinski definition) is 5. The minimum atomic E-state index is -0.967. The summed E-state index contributed by atoms with van der Waals surface area (Å²) in [5.74, 6) is 0.109. The van der Waals surface area contributed by atoms with E-state index >= 15 is 0 Å². The molecule has 2 amide bonds. The number of carbonyl (C=O) groups is 2. The van der Waals surface area contributed by atoms with Crippen LogP contribution in [0.25, 0.3) is 6.08 Å². The predicted molar refractivity (Wildman–Crippen MR) is 101 cm³/mol. The fourth-order valence-corrected chi connectivity index (χ4v) is 3.60. The highest BCUT2D eigenvalue weighted by atomic mass is 16.5. The first-order chi connectivity index (χ1) is 13.0. The molecule has 0 saturated carbocycles. The number of fused-ring (bicyclic) bond motifs is 1. The van der Waals surface area contributed by atoms with Gasteiger partial charge in [-0.1, -0.05) is 30.4 Å². The molecule has 1 saturated heterocycles. The first-order valence-corrected chi connectivity index (χ1v) is 9.17. The molecule has 1 aliphatic heterocycles. The molecule has 1 aliphatic carbocycles. The summed E-state index contributed by atoms with van der Waals surface area (Å²) >= 11 is 0. The summed E-state index contributed by atoms with van der Waals surface area (Å²) in [6.07, 6.45) is 7.97. The van der Waals surface area contributed by atoms with Crippen LogP contribution in [0.15, 0.2) is 36.4 Å². The van der Waals surface area contributed by atoms with Crippen LogP contribution >= 0.6 is 0 Å². The second-order valence-electron chi connectivity index (χ2n) is 6.82. The van der Waals surface area contributed by atoms with Crippen molar-refractivity contribution in [3.05, 3.63) is 42.0 Å². The van der Waals surface area contributed by atoms with Gasteiger partial charge in [0.25, 0.3) is 0 Å². The van der Waals surface area contributed by atoms with Gasteiger partial charge in [-0.05, 0) is 37.5 Å². The number of imide groups is 1. The maximum absolute atomic E-state index is 12.5. The molecule has 0 unspecified atom stereocenters. The first-order valence-electron chi connectivity index (χ1n) is 9.17. The number of methoxy groups -OCH3 is 1. The zero-order valence-electron chi connectivity index (χ0n) is 15.6. The van der Waals surface area contributed by atoms with Crippen LogP contribution in [0.5, 0.6) is 11.5 Å². The molecule has 1 aromatic rings. The van der Waals surface area contributed by atoms with Crippen LogP contribution in [-0.4, -0.2) is 48.2 Å². The normalized spacial score (nSPS) is 23.0. The van der Waals surface area contributed by atoms with Crippen molar-refractivity contribution in [1.29, 1.82) is 0 Å². The van der Waals surface area contributed by atoms with Gasteiger partial charge in [0.2, 0.25) is 11.8 Å². The van der Waals surface area contributed by atoms with E-state index < -0.39 is 6.10 Å². The lowest BCUT2D eigenvalue weighted by atomic mass is 9.85. The smallest absolute Gasteiger partial charge is 0.233 e. The van der Waals surface area contributed by atoms with Crippen molar-refractivity contribution in [2.24, 2.45) is 11.8 Å². The number of benzene rings is 1. The van der Waals surface area contributed by atoms with E-state index in [9.17, 15) is 14.7 Å². The lowest BCUT2D eigenvalue weighted by molar-refractivity contribution is -0.141. The lowest BCUT2D eigenvalue weighted by Gasteiger charge is -2.20. The van der Waals surface area contributed by atoms with Gasteiger partial charge in [-0.25, -0.2) is 0 Å². The standard InChI is InChI=1S/C21H25NO5/c1-3-6-14-9-10-18(19(11-14)26-2)27-13-15(23)12-22-20(24)16-7-4-5-8-17(16)21(22)25/h3-6,9-11,15-17,23H,7-8,12-13H2,1-2H3/b6-3+/t15-,16-,17+/m0/s1. The highest BCUT2D eigenvalue weighted by molar-refractivity contribution is 6.05. The SMILES string of the molecule is C/C=C/c1ccc(OC[C@@H](O)CN2C(=O)[C@H]3CC=CC[C@H]3C2=O)c(OC)c1. The van der Waals surface area contributed by atoms with E-state index in [2.05, 4.69) is 0 Å². The summed E-state index contributed by atoms with van der Waals surface area (Å²) in [5, 5.41) is 10.3. The fourth-order valence-electron chi connectivity index (χ4n) is 3.60. The number of aliphatic hydroxyl groups is 1. The first kappa shape index (κ1) is 19.2. The summed E-state index contributed by atoms with van der Waals surface area (Å²) in [4.78, 5) is 26.1. The van der Waals surface area contributed by atoms with Gasteiger partial charge in [-0.15, -0.1) is 0 Å². The van der Waals surface area contributed by atoms with Gasteiger partial charge < -0.3 is 14.6 Å². The predicted octanol–water partition coefficient (Wildman–Crippen LogP) is 2.42. The van der Waals surface area contributed by atoms with Crippen molar-refractivity contribution in [2.75, 3.05) is 20.3 Å². The van der Waals surface area contributed by atoms with Crippen molar-refractivity contribution >= 4 is 17.9 Å². The molecule has 144 valence electrons. The molecule has 0 bridgehead atoms. The molecular formula is C21H25NO5. The van der Waals surface area contributed by atoms with Crippen LogP contribution in [0.1, 0.15) is 25.3 Å². The molecular weight excluding hydrogens is 346 g/mol. The van der Waals surface area contributed by atoms with Crippen LogP contribution in [0.4, 0.5) is 0 Å². The maximum atomic E-state index is 12.5. The molecule has 0 spiro atoms. The Bertz CT molecular complexity index is 744. The minimum absolute atomic E-state index is 0.0377. The monoisotopic (exact) mass is 371 g/mol. The Hall–Kier alpha value is -2.60. The fraction of sp³-hybridized carbons (Fsp3) is 0.429. The lowest BCUT2D eigenvalue weighted by Crippen LogP contribution is -2.40. The third-order valence-electron chi connectivity index (χ3n) is 4.97. The van der Waals surface area contributed by atoms with Gasteiger partial charge in [-0.3, -0.25) is 14.5 Å². The number of hydrogen-bond donors (Lipinski definition) is 1. The Morgan fingerprint density at radius 2 is 1.85 bits per heavy atom. The number of nitrogens with zero attached hydrogens (tertiary/aromatic N) is 1. The van der Waals surface area contributed by atoms with Crippen LogP contribution in [-0.2, 0) is 9.59 Å². The van der Waals surface area contributed by atoms with E-state index in [1.165, 1.54) is 4.90 Å². The van der Waals surface area contributed by atoms with Gasteiger partial charge in [0.05, 0.1) is 25.5 Å². The number of allylic oxidation sites excluding steroid dienone is 3. The number of amides is 2. The molecule has 6 nitrogen and oxygen atoms in total. The van der Waals surface area contributed by atoms with Crippen LogP contribution in [0, 0.1) is 11.8 Å². The van der Waals surface area contributed by atoms with Crippen molar-refractivity contribution < 1.29 is 24.2 Å². The van der Waals surface area contributed by atoms with E-state index in [0.29, 0.717) is 24.3 Å². The minimum Gasteiger partial charge on any atom is -0.493 e. The Morgan fingerprint density at radius 3 is 2.44 bits per heavy atom. The second-order valence-corrected chi connectivity index (χ2v) is 6.82. The summed E-state index contributed by atoms with van der Waals surface area (Å²) in [7, 11) is 1.55. The highest BCUT2D eigenvalue weighted by Crippen LogP contribution is 2.35. The number of aliphatic hydroxyl groups excluding tert-OH is 1.